The Labute approximate surface area is 166 Å². The molecule has 2 amide bonds. The van der Waals surface area contributed by atoms with E-state index >= 15 is 0 Å². The molecule has 0 atom stereocenters. The first-order valence-electron chi connectivity index (χ1n) is 8.54. The molecule has 6 heteroatoms. The number of anilines is 1. The second-order valence-corrected chi connectivity index (χ2v) is 6.61. The summed E-state index contributed by atoms with van der Waals surface area (Å²) in [6.45, 7) is 0.0542. The van der Waals surface area contributed by atoms with Gasteiger partial charge in [-0.3, -0.25) is 9.59 Å². The van der Waals surface area contributed by atoms with E-state index in [0.717, 1.165) is 4.90 Å². The van der Waals surface area contributed by atoms with Gasteiger partial charge in [0.2, 0.25) is 0 Å². The van der Waals surface area contributed by atoms with E-state index in [1.165, 1.54) is 12.1 Å². The molecule has 0 N–H and O–H groups in total. The average molecular weight is 392 g/mol. The maximum atomic E-state index is 12.5. The summed E-state index contributed by atoms with van der Waals surface area (Å²) < 4.78 is 5.28. The second-order valence-electron chi connectivity index (χ2n) is 6.21. The van der Waals surface area contributed by atoms with Crippen LogP contribution in [0.5, 0.6) is 0 Å². The van der Waals surface area contributed by atoms with Crippen molar-refractivity contribution in [2.45, 2.75) is 6.61 Å². The van der Waals surface area contributed by atoms with Crippen molar-refractivity contribution in [1.82, 2.24) is 0 Å². The smallest absolute Gasteiger partial charge is 0.338 e. The van der Waals surface area contributed by atoms with Crippen LogP contribution in [-0.2, 0) is 11.3 Å². The Balaban J connectivity index is 1.49. The maximum absolute atomic E-state index is 12.5. The van der Waals surface area contributed by atoms with Gasteiger partial charge < -0.3 is 4.74 Å². The normalized spacial score (nSPS) is 12.8. The first-order chi connectivity index (χ1) is 13.6. The van der Waals surface area contributed by atoms with Crippen molar-refractivity contribution >= 4 is 35.1 Å². The van der Waals surface area contributed by atoms with Crippen molar-refractivity contribution < 1.29 is 19.1 Å². The van der Waals surface area contributed by atoms with E-state index in [1.807, 2.05) is 6.07 Å². The van der Waals surface area contributed by atoms with Crippen molar-refractivity contribution in [3.63, 3.8) is 0 Å². The minimum atomic E-state index is -0.520. The summed E-state index contributed by atoms with van der Waals surface area (Å²) in [4.78, 5) is 38.4. The summed E-state index contributed by atoms with van der Waals surface area (Å²) in [6, 6.07) is 19.9. The highest BCUT2D eigenvalue weighted by molar-refractivity contribution is 6.34. The molecule has 0 bridgehead atoms. The van der Waals surface area contributed by atoms with E-state index in [9.17, 15) is 14.4 Å². The fraction of sp³-hybridized carbons (Fsp3) is 0.0455. The number of ether oxygens (including phenoxy) is 1. The SMILES string of the molecule is O=C(OCc1ccccc1Cl)c1ccc(N2C(=O)c3ccccc3C2=O)cc1. The topological polar surface area (TPSA) is 63.7 Å². The minimum Gasteiger partial charge on any atom is -0.457 e. The molecule has 28 heavy (non-hydrogen) atoms. The molecule has 3 aromatic carbocycles. The standard InChI is InChI=1S/C22H14ClNO4/c23-19-8-4-1-5-15(19)13-28-22(27)14-9-11-16(12-10-14)24-20(25)17-6-2-3-7-18(17)21(24)26/h1-12H,13H2. The molecule has 0 saturated heterocycles. The molecule has 0 aromatic heterocycles. The average Bonchev–Trinajstić information content (AvgIpc) is 2.98. The zero-order valence-electron chi connectivity index (χ0n) is 14.6. The predicted molar refractivity (Wildman–Crippen MR) is 105 cm³/mol. The molecule has 0 fully saturated rings. The Morgan fingerprint density at radius 3 is 2.00 bits per heavy atom. The third-order valence-electron chi connectivity index (χ3n) is 4.47. The van der Waals surface area contributed by atoms with Crippen LogP contribution in [0.3, 0.4) is 0 Å². The molecular weight excluding hydrogens is 378 g/mol. The maximum Gasteiger partial charge on any atom is 0.338 e. The van der Waals surface area contributed by atoms with Crippen LogP contribution in [-0.4, -0.2) is 17.8 Å². The Morgan fingerprint density at radius 2 is 1.39 bits per heavy atom. The number of imide groups is 1. The molecule has 0 spiro atoms. The number of benzene rings is 3. The van der Waals surface area contributed by atoms with E-state index in [1.54, 1.807) is 54.6 Å². The van der Waals surface area contributed by atoms with E-state index < -0.39 is 5.97 Å². The van der Waals surface area contributed by atoms with E-state index in [0.29, 0.717) is 33.0 Å². The van der Waals surface area contributed by atoms with Gasteiger partial charge in [-0.25, -0.2) is 9.69 Å². The second kappa shape index (κ2) is 7.29. The highest BCUT2D eigenvalue weighted by atomic mass is 35.5. The summed E-state index contributed by atoms with van der Waals surface area (Å²) in [7, 11) is 0. The van der Waals surface area contributed by atoms with Crippen molar-refractivity contribution in [3.05, 3.63) is 100 Å². The lowest BCUT2D eigenvalue weighted by atomic mass is 10.1. The molecule has 138 valence electrons. The molecule has 1 aliphatic heterocycles. The van der Waals surface area contributed by atoms with Crippen LogP contribution >= 0.6 is 11.6 Å². The van der Waals surface area contributed by atoms with Gasteiger partial charge in [0.25, 0.3) is 11.8 Å². The van der Waals surface area contributed by atoms with Gasteiger partial charge in [-0.05, 0) is 42.5 Å². The first kappa shape index (κ1) is 17.9. The van der Waals surface area contributed by atoms with E-state index in [4.69, 9.17) is 16.3 Å². The Kier molecular flexibility index (Phi) is 4.67. The number of fused-ring (bicyclic) bond motifs is 1. The van der Waals surface area contributed by atoms with E-state index in [-0.39, 0.29) is 18.4 Å². The lowest BCUT2D eigenvalue weighted by molar-refractivity contribution is 0.0472. The van der Waals surface area contributed by atoms with Gasteiger partial charge in [-0.1, -0.05) is 41.9 Å². The van der Waals surface area contributed by atoms with Crippen LogP contribution < -0.4 is 4.90 Å². The number of carbonyl (C=O) groups excluding carboxylic acids is 3. The molecule has 4 rings (SSSR count). The van der Waals surface area contributed by atoms with Crippen LogP contribution in [0.2, 0.25) is 5.02 Å². The Morgan fingerprint density at radius 1 is 0.821 bits per heavy atom. The van der Waals surface area contributed by atoms with Crippen molar-refractivity contribution in [3.8, 4) is 0 Å². The number of esters is 1. The summed E-state index contributed by atoms with van der Waals surface area (Å²) in [5.74, 6) is -1.28. The van der Waals surface area contributed by atoms with Crippen LogP contribution in [0.25, 0.3) is 0 Å². The Bertz CT molecular complexity index is 1060. The largest absolute Gasteiger partial charge is 0.457 e. The third-order valence-corrected chi connectivity index (χ3v) is 4.84. The molecular formula is C22H14ClNO4. The molecule has 5 nitrogen and oxygen atoms in total. The van der Waals surface area contributed by atoms with Gasteiger partial charge in [0.05, 0.1) is 22.4 Å². The number of halogens is 1. The lowest BCUT2D eigenvalue weighted by Gasteiger charge is -2.14. The number of amides is 2. The Hall–Kier alpha value is -3.44. The van der Waals surface area contributed by atoms with Gasteiger partial charge in [0.1, 0.15) is 6.61 Å². The highest BCUT2D eigenvalue weighted by Crippen LogP contribution is 2.28. The molecule has 0 radical (unpaired) electrons. The monoisotopic (exact) mass is 391 g/mol. The molecule has 3 aromatic rings. The quantitative estimate of drug-likeness (QED) is 0.485. The van der Waals surface area contributed by atoms with Gasteiger partial charge in [0, 0.05) is 10.6 Å². The zero-order valence-corrected chi connectivity index (χ0v) is 15.3. The van der Waals surface area contributed by atoms with Crippen molar-refractivity contribution in [2.75, 3.05) is 4.90 Å². The number of hydrogen-bond acceptors (Lipinski definition) is 4. The number of rotatable bonds is 4. The molecule has 0 aliphatic carbocycles. The lowest BCUT2D eigenvalue weighted by Crippen LogP contribution is -2.29. The van der Waals surface area contributed by atoms with Crippen LogP contribution in [0.15, 0.2) is 72.8 Å². The van der Waals surface area contributed by atoms with Crippen molar-refractivity contribution in [1.29, 1.82) is 0 Å². The zero-order chi connectivity index (χ0) is 19.7. The minimum absolute atomic E-state index is 0.0542. The fourth-order valence-corrected chi connectivity index (χ4v) is 3.20. The van der Waals surface area contributed by atoms with Gasteiger partial charge in [0.15, 0.2) is 0 Å². The molecule has 0 unspecified atom stereocenters. The molecule has 1 heterocycles. The number of carbonyl (C=O) groups is 3. The van der Waals surface area contributed by atoms with Gasteiger partial charge in [-0.2, -0.15) is 0 Å². The summed E-state index contributed by atoms with van der Waals surface area (Å²) >= 11 is 6.05. The molecule has 0 saturated carbocycles. The van der Waals surface area contributed by atoms with Gasteiger partial charge >= 0.3 is 5.97 Å². The number of hydrogen-bond donors (Lipinski definition) is 0. The summed E-state index contributed by atoms with van der Waals surface area (Å²) in [6.07, 6.45) is 0. The first-order valence-corrected chi connectivity index (χ1v) is 8.92. The van der Waals surface area contributed by atoms with E-state index in [2.05, 4.69) is 0 Å². The summed E-state index contributed by atoms with van der Waals surface area (Å²) in [5.41, 5.74) is 2.16. The van der Waals surface area contributed by atoms with Crippen LogP contribution in [0.4, 0.5) is 5.69 Å². The van der Waals surface area contributed by atoms with Crippen molar-refractivity contribution in [2.24, 2.45) is 0 Å². The van der Waals surface area contributed by atoms with Crippen LogP contribution in [0.1, 0.15) is 36.6 Å². The fourth-order valence-electron chi connectivity index (χ4n) is 3.01. The third kappa shape index (κ3) is 3.17. The predicted octanol–water partition coefficient (Wildman–Crippen LogP) is 4.50. The summed E-state index contributed by atoms with van der Waals surface area (Å²) in [5, 5.41) is 0.524. The molecule has 1 aliphatic rings. The van der Waals surface area contributed by atoms with Gasteiger partial charge in [-0.15, -0.1) is 0 Å². The number of nitrogens with zero attached hydrogens (tertiary/aromatic N) is 1. The van der Waals surface area contributed by atoms with Crippen LogP contribution in [0, 0.1) is 0 Å². The highest BCUT2D eigenvalue weighted by Gasteiger charge is 2.36.